The zero-order chi connectivity index (χ0) is 19.4. The van der Waals surface area contributed by atoms with Crippen molar-refractivity contribution in [1.82, 2.24) is 19.9 Å². The summed E-state index contributed by atoms with van der Waals surface area (Å²) in [6.45, 7) is 3.72. The lowest BCUT2D eigenvalue weighted by atomic mass is 9.94. The molecule has 27 heavy (non-hydrogen) atoms. The molecule has 0 saturated carbocycles. The van der Waals surface area contributed by atoms with Gasteiger partial charge in [0.25, 0.3) is 5.91 Å². The fraction of sp³-hybridized carbons (Fsp3) is 0.474. The quantitative estimate of drug-likeness (QED) is 0.863. The minimum absolute atomic E-state index is 0.0564. The third-order valence-corrected chi connectivity index (χ3v) is 4.63. The number of amides is 2. The highest BCUT2D eigenvalue weighted by Gasteiger charge is 2.24. The van der Waals surface area contributed by atoms with Gasteiger partial charge in [-0.2, -0.15) is 0 Å². The van der Waals surface area contributed by atoms with E-state index in [0.717, 1.165) is 31.6 Å². The maximum Gasteiger partial charge on any atom is 0.254 e. The highest BCUT2D eigenvalue weighted by molar-refractivity contribution is 5.93. The molecule has 0 aromatic carbocycles. The molecule has 0 radical (unpaired) electrons. The van der Waals surface area contributed by atoms with E-state index in [2.05, 4.69) is 20.4 Å². The first-order valence-corrected chi connectivity index (χ1v) is 9.05. The normalized spacial score (nSPS) is 17.5. The second-order valence-corrected chi connectivity index (χ2v) is 7.12. The number of piperidine rings is 1. The van der Waals surface area contributed by atoms with E-state index in [0.29, 0.717) is 23.7 Å². The van der Waals surface area contributed by atoms with Gasteiger partial charge in [-0.1, -0.05) is 5.16 Å². The summed E-state index contributed by atoms with van der Waals surface area (Å²) in [4.78, 5) is 32.4. The molecule has 2 aromatic heterocycles. The van der Waals surface area contributed by atoms with Crippen LogP contribution in [-0.4, -0.2) is 65.5 Å². The molecule has 1 N–H and O–H groups in total. The number of aryl methyl sites for hydroxylation is 1. The summed E-state index contributed by atoms with van der Waals surface area (Å²) in [5, 5.41) is 6.53. The maximum atomic E-state index is 12.2. The summed E-state index contributed by atoms with van der Waals surface area (Å²) in [5.41, 5.74) is 1.54. The molecule has 3 heterocycles. The maximum absolute atomic E-state index is 12.2. The van der Waals surface area contributed by atoms with Crippen LogP contribution >= 0.6 is 0 Å². The lowest BCUT2D eigenvalue weighted by molar-refractivity contribution is -0.117. The summed E-state index contributed by atoms with van der Waals surface area (Å²) in [6, 6.07) is 5.43. The molecule has 2 amide bonds. The number of pyridine rings is 1. The first-order chi connectivity index (χ1) is 12.9. The number of nitrogens with zero attached hydrogens (tertiary/aromatic N) is 4. The molecule has 0 bridgehead atoms. The Hall–Kier alpha value is -2.74. The number of rotatable bonds is 5. The summed E-state index contributed by atoms with van der Waals surface area (Å²) in [5.74, 6) is 1.19. The molecule has 3 rings (SSSR count). The van der Waals surface area contributed by atoms with Crippen LogP contribution in [0.25, 0.3) is 0 Å². The van der Waals surface area contributed by atoms with E-state index in [4.69, 9.17) is 4.52 Å². The standard InChI is InChI=1S/C19H25N5O3/c1-13-9-17(22-27-13)21-18(25)12-24-8-4-5-15(11-24)16-7-6-14(10-20-16)19(26)23(2)3/h6-7,9-10,15H,4-5,8,11-12H2,1-3H3,(H,21,22,25)/t15-/m1/s1. The Kier molecular flexibility index (Phi) is 5.85. The monoisotopic (exact) mass is 371 g/mol. The van der Waals surface area contributed by atoms with Gasteiger partial charge in [-0.05, 0) is 38.4 Å². The molecule has 1 aliphatic rings. The van der Waals surface area contributed by atoms with Crippen LogP contribution in [0.3, 0.4) is 0 Å². The van der Waals surface area contributed by atoms with Crippen LogP contribution < -0.4 is 5.32 Å². The minimum atomic E-state index is -0.108. The first-order valence-electron chi connectivity index (χ1n) is 9.05. The molecule has 8 heteroatoms. The van der Waals surface area contributed by atoms with Gasteiger partial charge in [-0.3, -0.25) is 19.5 Å². The van der Waals surface area contributed by atoms with E-state index in [1.54, 1.807) is 33.3 Å². The largest absolute Gasteiger partial charge is 0.360 e. The van der Waals surface area contributed by atoms with E-state index in [1.165, 1.54) is 4.90 Å². The Morgan fingerprint density at radius 1 is 1.37 bits per heavy atom. The number of likely N-dealkylation sites (tertiary alicyclic amines) is 1. The number of nitrogens with one attached hydrogen (secondary N) is 1. The molecular weight excluding hydrogens is 346 g/mol. The summed E-state index contributed by atoms with van der Waals surface area (Å²) < 4.78 is 4.96. The summed E-state index contributed by atoms with van der Waals surface area (Å²) in [6.07, 6.45) is 3.66. The predicted molar refractivity (Wildman–Crippen MR) is 101 cm³/mol. The van der Waals surface area contributed by atoms with E-state index >= 15 is 0 Å². The fourth-order valence-corrected chi connectivity index (χ4v) is 3.28. The second-order valence-electron chi connectivity index (χ2n) is 7.12. The van der Waals surface area contributed by atoms with Crippen molar-refractivity contribution in [2.45, 2.75) is 25.7 Å². The molecule has 0 aliphatic carbocycles. The molecule has 8 nitrogen and oxygen atoms in total. The van der Waals surface area contributed by atoms with Crippen molar-refractivity contribution >= 4 is 17.6 Å². The van der Waals surface area contributed by atoms with E-state index in [9.17, 15) is 9.59 Å². The molecule has 0 unspecified atom stereocenters. The molecule has 2 aromatic rings. The zero-order valence-corrected chi connectivity index (χ0v) is 15.9. The first kappa shape index (κ1) is 19.0. The van der Waals surface area contributed by atoms with E-state index < -0.39 is 0 Å². The number of anilines is 1. The molecular formula is C19H25N5O3. The van der Waals surface area contributed by atoms with Gasteiger partial charge in [-0.15, -0.1) is 0 Å². The second kappa shape index (κ2) is 8.30. The number of hydrogen-bond donors (Lipinski definition) is 1. The van der Waals surface area contributed by atoms with Crippen LogP contribution in [0, 0.1) is 6.92 Å². The molecule has 1 saturated heterocycles. The van der Waals surface area contributed by atoms with Crippen LogP contribution in [0.4, 0.5) is 5.82 Å². The highest BCUT2D eigenvalue weighted by Crippen LogP contribution is 2.25. The van der Waals surface area contributed by atoms with Crippen LogP contribution in [0.15, 0.2) is 28.9 Å². The van der Waals surface area contributed by atoms with Crippen LogP contribution in [-0.2, 0) is 4.79 Å². The Balaban J connectivity index is 1.57. The average molecular weight is 371 g/mol. The van der Waals surface area contributed by atoms with Gasteiger partial charge in [0.05, 0.1) is 12.1 Å². The molecule has 0 spiro atoms. The van der Waals surface area contributed by atoms with Crippen molar-refractivity contribution in [2.24, 2.45) is 0 Å². The van der Waals surface area contributed by atoms with Crippen molar-refractivity contribution in [3.8, 4) is 0 Å². The van der Waals surface area contributed by atoms with Gasteiger partial charge < -0.3 is 14.7 Å². The lowest BCUT2D eigenvalue weighted by Crippen LogP contribution is -2.40. The molecule has 1 aliphatic heterocycles. The van der Waals surface area contributed by atoms with Gasteiger partial charge in [0.15, 0.2) is 5.82 Å². The molecule has 1 fully saturated rings. The number of aromatic nitrogens is 2. The number of carbonyl (C=O) groups is 2. The van der Waals surface area contributed by atoms with Gasteiger partial charge in [0.1, 0.15) is 5.76 Å². The van der Waals surface area contributed by atoms with Crippen molar-refractivity contribution in [2.75, 3.05) is 39.0 Å². The molecule has 144 valence electrons. The smallest absolute Gasteiger partial charge is 0.254 e. The fourth-order valence-electron chi connectivity index (χ4n) is 3.28. The van der Waals surface area contributed by atoms with Crippen molar-refractivity contribution in [3.05, 3.63) is 41.4 Å². The van der Waals surface area contributed by atoms with Gasteiger partial charge in [0.2, 0.25) is 5.91 Å². The van der Waals surface area contributed by atoms with Gasteiger partial charge in [-0.25, -0.2) is 0 Å². The average Bonchev–Trinajstić information content (AvgIpc) is 3.06. The van der Waals surface area contributed by atoms with Crippen LogP contribution in [0.2, 0.25) is 0 Å². The third-order valence-electron chi connectivity index (χ3n) is 4.63. The van der Waals surface area contributed by atoms with Crippen molar-refractivity contribution in [3.63, 3.8) is 0 Å². The van der Waals surface area contributed by atoms with Crippen molar-refractivity contribution in [1.29, 1.82) is 0 Å². The Bertz CT molecular complexity index is 800. The van der Waals surface area contributed by atoms with Gasteiger partial charge >= 0.3 is 0 Å². The Morgan fingerprint density at radius 2 is 2.19 bits per heavy atom. The van der Waals surface area contributed by atoms with E-state index in [1.807, 2.05) is 12.1 Å². The van der Waals surface area contributed by atoms with Gasteiger partial charge in [0, 0.05) is 44.5 Å². The minimum Gasteiger partial charge on any atom is -0.360 e. The van der Waals surface area contributed by atoms with Crippen LogP contribution in [0.5, 0.6) is 0 Å². The zero-order valence-electron chi connectivity index (χ0n) is 15.9. The third kappa shape index (κ3) is 4.91. The van der Waals surface area contributed by atoms with Crippen molar-refractivity contribution < 1.29 is 14.1 Å². The SMILES string of the molecule is Cc1cc(NC(=O)CN2CCC[C@@H](c3ccc(C(=O)N(C)C)cn3)C2)no1. The Labute approximate surface area is 158 Å². The summed E-state index contributed by atoms with van der Waals surface area (Å²) in [7, 11) is 3.45. The topological polar surface area (TPSA) is 91.6 Å². The number of carbonyl (C=O) groups excluding carboxylic acids is 2. The lowest BCUT2D eigenvalue weighted by Gasteiger charge is -2.31. The predicted octanol–water partition coefficient (Wildman–Crippen LogP) is 1.90. The highest BCUT2D eigenvalue weighted by atomic mass is 16.5. The molecule has 1 atom stereocenters. The summed E-state index contributed by atoms with van der Waals surface area (Å²) >= 11 is 0. The Morgan fingerprint density at radius 3 is 2.81 bits per heavy atom. The van der Waals surface area contributed by atoms with Crippen LogP contribution in [0.1, 0.15) is 40.6 Å². The van der Waals surface area contributed by atoms with E-state index in [-0.39, 0.29) is 17.7 Å². The number of hydrogen-bond acceptors (Lipinski definition) is 6.